The van der Waals surface area contributed by atoms with Crippen LogP contribution in [0.3, 0.4) is 0 Å². The second kappa shape index (κ2) is 8.45. The minimum absolute atomic E-state index is 0.230. The highest BCUT2D eigenvalue weighted by Gasteiger charge is 2.25. The summed E-state index contributed by atoms with van der Waals surface area (Å²) in [6.45, 7) is 1.87. The van der Waals surface area contributed by atoms with Crippen molar-refractivity contribution in [3.05, 3.63) is 102 Å². The molecular formula is C22H22FN3O. The van der Waals surface area contributed by atoms with Gasteiger partial charge in [0.05, 0.1) is 11.7 Å². The lowest BCUT2D eigenvalue weighted by molar-refractivity contribution is 0.194. The predicted molar refractivity (Wildman–Crippen MR) is 104 cm³/mol. The van der Waals surface area contributed by atoms with Crippen LogP contribution in [0.4, 0.5) is 9.18 Å². The van der Waals surface area contributed by atoms with Crippen LogP contribution in [0.1, 0.15) is 35.8 Å². The van der Waals surface area contributed by atoms with Crippen LogP contribution in [0.15, 0.2) is 79.0 Å². The molecule has 0 aliphatic rings. The molecule has 3 aromatic rings. The maximum absolute atomic E-state index is 13.1. The van der Waals surface area contributed by atoms with Crippen LogP contribution >= 0.6 is 0 Å². The van der Waals surface area contributed by atoms with Gasteiger partial charge in [-0.15, -0.1) is 0 Å². The molecule has 1 aromatic heterocycles. The number of urea groups is 1. The zero-order valence-electron chi connectivity index (χ0n) is 15.3. The molecule has 0 saturated heterocycles. The van der Waals surface area contributed by atoms with Gasteiger partial charge in [0.2, 0.25) is 0 Å². The molecule has 1 heterocycles. The SMILES string of the molecule is C[C@H](NC(=O)N(C)[C@@H](c1ccccc1)c1ccccn1)c1ccc(F)cc1. The molecule has 138 valence electrons. The number of hydrogen-bond acceptors (Lipinski definition) is 2. The standard InChI is InChI=1S/C22H22FN3O/c1-16(17-11-13-19(23)14-12-17)25-22(27)26(2)21(18-8-4-3-5-9-18)20-10-6-7-15-24-20/h3-16,21H,1-2H3,(H,25,27)/t16-,21-/m0/s1. The van der Waals surface area contributed by atoms with Gasteiger partial charge in [0, 0.05) is 13.2 Å². The Bertz CT molecular complexity index is 830. The molecule has 2 atom stereocenters. The predicted octanol–water partition coefficient (Wildman–Crippen LogP) is 4.71. The highest BCUT2D eigenvalue weighted by Crippen LogP contribution is 2.26. The van der Waals surface area contributed by atoms with Crippen molar-refractivity contribution in [1.82, 2.24) is 15.2 Å². The molecule has 0 bridgehead atoms. The molecule has 3 rings (SSSR count). The smallest absolute Gasteiger partial charge is 0.318 e. The van der Waals surface area contributed by atoms with Crippen LogP contribution in [0.5, 0.6) is 0 Å². The number of carbonyl (C=O) groups excluding carboxylic acids is 1. The van der Waals surface area contributed by atoms with Crippen molar-refractivity contribution in [2.75, 3.05) is 7.05 Å². The Hall–Kier alpha value is -3.21. The number of carbonyl (C=O) groups is 1. The van der Waals surface area contributed by atoms with Crippen molar-refractivity contribution in [2.45, 2.75) is 19.0 Å². The van der Waals surface area contributed by atoms with Crippen molar-refractivity contribution in [1.29, 1.82) is 0 Å². The number of amides is 2. The van der Waals surface area contributed by atoms with Gasteiger partial charge < -0.3 is 10.2 Å². The van der Waals surface area contributed by atoms with Crippen molar-refractivity contribution in [3.63, 3.8) is 0 Å². The summed E-state index contributed by atoms with van der Waals surface area (Å²) >= 11 is 0. The number of nitrogens with zero attached hydrogens (tertiary/aromatic N) is 2. The Morgan fingerprint density at radius 2 is 1.63 bits per heavy atom. The molecule has 2 amide bonds. The second-order valence-corrected chi connectivity index (χ2v) is 6.40. The molecule has 0 aliphatic heterocycles. The first-order valence-electron chi connectivity index (χ1n) is 8.81. The zero-order valence-corrected chi connectivity index (χ0v) is 15.3. The van der Waals surface area contributed by atoms with Gasteiger partial charge in [0.1, 0.15) is 11.9 Å². The summed E-state index contributed by atoms with van der Waals surface area (Å²) in [5, 5.41) is 2.97. The van der Waals surface area contributed by atoms with Crippen LogP contribution in [-0.2, 0) is 0 Å². The molecule has 0 unspecified atom stereocenters. The molecule has 0 radical (unpaired) electrons. The van der Waals surface area contributed by atoms with E-state index in [1.807, 2.05) is 55.5 Å². The Morgan fingerprint density at radius 1 is 0.963 bits per heavy atom. The summed E-state index contributed by atoms with van der Waals surface area (Å²) in [4.78, 5) is 19.0. The molecule has 1 N–H and O–H groups in total. The largest absolute Gasteiger partial charge is 0.331 e. The topological polar surface area (TPSA) is 45.2 Å². The number of rotatable bonds is 5. The van der Waals surface area contributed by atoms with Gasteiger partial charge in [-0.1, -0.05) is 48.5 Å². The number of aromatic nitrogens is 1. The van der Waals surface area contributed by atoms with Gasteiger partial charge in [-0.05, 0) is 42.3 Å². The van der Waals surface area contributed by atoms with E-state index in [9.17, 15) is 9.18 Å². The average Bonchev–Trinajstić information content (AvgIpc) is 2.70. The van der Waals surface area contributed by atoms with Crippen LogP contribution in [0, 0.1) is 5.82 Å². The highest BCUT2D eigenvalue weighted by atomic mass is 19.1. The first-order chi connectivity index (χ1) is 13.1. The summed E-state index contributed by atoms with van der Waals surface area (Å²) < 4.78 is 13.1. The maximum atomic E-state index is 13.1. The lowest BCUT2D eigenvalue weighted by Gasteiger charge is -2.29. The van der Waals surface area contributed by atoms with Crippen molar-refractivity contribution in [3.8, 4) is 0 Å². The first-order valence-corrected chi connectivity index (χ1v) is 8.81. The van der Waals surface area contributed by atoms with Gasteiger partial charge in [-0.2, -0.15) is 0 Å². The first kappa shape index (κ1) is 18.6. The van der Waals surface area contributed by atoms with E-state index in [1.54, 1.807) is 30.3 Å². The van der Waals surface area contributed by atoms with Crippen molar-refractivity contribution in [2.24, 2.45) is 0 Å². The summed E-state index contributed by atoms with van der Waals surface area (Å²) in [6.07, 6.45) is 1.72. The van der Waals surface area contributed by atoms with E-state index in [4.69, 9.17) is 0 Å². The second-order valence-electron chi connectivity index (χ2n) is 6.40. The number of benzene rings is 2. The molecular weight excluding hydrogens is 341 g/mol. The lowest BCUT2D eigenvalue weighted by atomic mass is 10.0. The molecule has 0 fully saturated rings. The van der Waals surface area contributed by atoms with E-state index in [2.05, 4.69) is 10.3 Å². The van der Waals surface area contributed by atoms with Gasteiger partial charge in [0.25, 0.3) is 0 Å². The molecule has 5 heteroatoms. The quantitative estimate of drug-likeness (QED) is 0.713. The van der Waals surface area contributed by atoms with E-state index < -0.39 is 0 Å². The third-order valence-electron chi connectivity index (χ3n) is 4.50. The van der Waals surface area contributed by atoms with Gasteiger partial charge in [-0.3, -0.25) is 4.98 Å². The normalized spacial score (nSPS) is 12.9. The van der Waals surface area contributed by atoms with Crippen LogP contribution in [0.2, 0.25) is 0 Å². The number of hydrogen-bond donors (Lipinski definition) is 1. The maximum Gasteiger partial charge on any atom is 0.318 e. The van der Waals surface area contributed by atoms with Crippen molar-refractivity contribution < 1.29 is 9.18 Å². The molecule has 0 spiro atoms. The minimum Gasteiger partial charge on any atom is -0.331 e. The van der Waals surface area contributed by atoms with Crippen LogP contribution < -0.4 is 5.32 Å². The molecule has 0 aliphatic carbocycles. The summed E-state index contributed by atoms with van der Waals surface area (Å²) in [6, 6.07) is 20.8. The van der Waals surface area contributed by atoms with E-state index in [0.717, 1.165) is 16.8 Å². The summed E-state index contributed by atoms with van der Waals surface area (Å²) in [7, 11) is 1.75. The number of pyridine rings is 1. The van der Waals surface area contributed by atoms with Crippen LogP contribution in [-0.4, -0.2) is 23.0 Å². The Labute approximate surface area is 158 Å². The highest BCUT2D eigenvalue weighted by molar-refractivity contribution is 5.75. The third-order valence-corrected chi connectivity index (χ3v) is 4.50. The summed E-state index contributed by atoms with van der Waals surface area (Å²) in [5.74, 6) is -0.298. The Balaban J connectivity index is 1.82. The fourth-order valence-electron chi connectivity index (χ4n) is 3.00. The molecule has 27 heavy (non-hydrogen) atoms. The van der Waals surface area contributed by atoms with E-state index in [1.165, 1.54) is 12.1 Å². The zero-order chi connectivity index (χ0) is 19.2. The molecule has 0 saturated carbocycles. The van der Waals surface area contributed by atoms with Crippen molar-refractivity contribution >= 4 is 6.03 Å². The minimum atomic E-state index is -0.312. The number of nitrogens with one attached hydrogen (secondary N) is 1. The van der Waals surface area contributed by atoms with E-state index in [0.29, 0.717) is 0 Å². The lowest BCUT2D eigenvalue weighted by Crippen LogP contribution is -2.41. The van der Waals surface area contributed by atoms with Gasteiger partial charge in [0.15, 0.2) is 0 Å². The fourth-order valence-corrected chi connectivity index (χ4v) is 3.00. The van der Waals surface area contributed by atoms with E-state index in [-0.39, 0.29) is 23.9 Å². The fraction of sp³-hybridized carbons (Fsp3) is 0.182. The summed E-state index contributed by atoms with van der Waals surface area (Å²) in [5.41, 5.74) is 2.60. The monoisotopic (exact) mass is 363 g/mol. The molecule has 4 nitrogen and oxygen atoms in total. The molecule has 2 aromatic carbocycles. The van der Waals surface area contributed by atoms with Gasteiger partial charge >= 0.3 is 6.03 Å². The van der Waals surface area contributed by atoms with Crippen LogP contribution in [0.25, 0.3) is 0 Å². The Kier molecular flexibility index (Phi) is 5.81. The van der Waals surface area contributed by atoms with E-state index >= 15 is 0 Å². The number of halogens is 1. The van der Waals surface area contributed by atoms with Gasteiger partial charge in [-0.25, -0.2) is 9.18 Å². The average molecular weight is 363 g/mol. The third kappa shape index (κ3) is 4.50. The Morgan fingerprint density at radius 3 is 2.26 bits per heavy atom.